The lowest BCUT2D eigenvalue weighted by atomic mass is 10.0. The number of piperidine rings is 1. The van der Waals surface area contributed by atoms with E-state index < -0.39 is 0 Å². The summed E-state index contributed by atoms with van der Waals surface area (Å²) in [5, 5.41) is 3.06. The first-order valence-corrected chi connectivity index (χ1v) is 10.7. The number of nitrogens with zero attached hydrogens (tertiary/aromatic N) is 2. The maximum absolute atomic E-state index is 13.3. The predicted octanol–water partition coefficient (Wildman–Crippen LogP) is 4.42. The van der Waals surface area contributed by atoms with Gasteiger partial charge in [0.2, 0.25) is 0 Å². The molecule has 6 heteroatoms. The first-order chi connectivity index (χ1) is 14.5. The first kappa shape index (κ1) is 22.1. The highest BCUT2D eigenvalue weighted by molar-refractivity contribution is 5.74. The average molecular weight is 414 g/mol. The van der Waals surface area contributed by atoms with Crippen molar-refractivity contribution in [3.63, 3.8) is 0 Å². The number of rotatable bonds is 8. The van der Waals surface area contributed by atoms with Crippen molar-refractivity contribution in [2.75, 3.05) is 26.7 Å². The van der Waals surface area contributed by atoms with Crippen LogP contribution in [0.15, 0.2) is 48.5 Å². The fourth-order valence-electron chi connectivity index (χ4n) is 3.66. The average Bonchev–Trinajstić information content (AvgIpc) is 2.77. The molecule has 0 saturated carbocycles. The number of ether oxygens (including phenoxy) is 1. The molecule has 1 saturated heterocycles. The van der Waals surface area contributed by atoms with Gasteiger partial charge in [0.25, 0.3) is 0 Å². The molecule has 2 amide bonds. The molecule has 1 fully saturated rings. The van der Waals surface area contributed by atoms with Gasteiger partial charge in [-0.25, -0.2) is 9.18 Å². The summed E-state index contributed by atoms with van der Waals surface area (Å²) in [7, 11) is 2.11. The van der Waals surface area contributed by atoms with Crippen molar-refractivity contribution in [3.05, 3.63) is 65.5 Å². The van der Waals surface area contributed by atoms with E-state index in [0.29, 0.717) is 19.7 Å². The van der Waals surface area contributed by atoms with Gasteiger partial charge in [-0.3, -0.25) is 0 Å². The molecule has 0 aliphatic carbocycles. The molecule has 3 rings (SSSR count). The molecule has 0 aromatic heterocycles. The zero-order valence-corrected chi connectivity index (χ0v) is 17.9. The standard InChI is InChI=1S/C24H32FN3O2/c1-3-16-30-23-10-6-19(7-11-23)17-26-24(29)28(22-12-14-27(2)15-13-22)18-20-4-8-21(25)9-5-20/h4-11,22H,3,12-18H2,1-2H3,(H,26,29). The summed E-state index contributed by atoms with van der Waals surface area (Å²) in [4.78, 5) is 17.3. The van der Waals surface area contributed by atoms with Crippen molar-refractivity contribution < 1.29 is 13.9 Å². The van der Waals surface area contributed by atoms with Gasteiger partial charge in [0, 0.05) is 19.1 Å². The number of halogens is 1. The molecule has 0 unspecified atom stereocenters. The number of carbonyl (C=O) groups is 1. The van der Waals surface area contributed by atoms with E-state index in [2.05, 4.69) is 24.2 Å². The minimum Gasteiger partial charge on any atom is -0.494 e. The third-order valence-corrected chi connectivity index (χ3v) is 5.50. The second-order valence-corrected chi connectivity index (χ2v) is 7.94. The van der Waals surface area contributed by atoms with Crippen LogP contribution < -0.4 is 10.1 Å². The van der Waals surface area contributed by atoms with Crippen LogP contribution in [-0.4, -0.2) is 48.6 Å². The van der Waals surface area contributed by atoms with Crippen LogP contribution in [0, 0.1) is 5.82 Å². The highest BCUT2D eigenvalue weighted by atomic mass is 19.1. The van der Waals surface area contributed by atoms with E-state index in [9.17, 15) is 9.18 Å². The lowest BCUT2D eigenvalue weighted by molar-refractivity contribution is 0.127. The maximum atomic E-state index is 13.3. The van der Waals surface area contributed by atoms with Crippen LogP contribution in [-0.2, 0) is 13.1 Å². The van der Waals surface area contributed by atoms with Gasteiger partial charge in [-0.15, -0.1) is 0 Å². The summed E-state index contributed by atoms with van der Waals surface area (Å²) in [6.45, 7) is 5.65. The predicted molar refractivity (Wildman–Crippen MR) is 117 cm³/mol. The number of likely N-dealkylation sites (tertiary alicyclic amines) is 1. The van der Waals surface area contributed by atoms with E-state index in [1.807, 2.05) is 29.2 Å². The minimum absolute atomic E-state index is 0.0832. The second kappa shape index (κ2) is 11.0. The number of carbonyl (C=O) groups excluding carboxylic acids is 1. The van der Waals surface area contributed by atoms with Gasteiger partial charge in [-0.05, 0) is 74.8 Å². The highest BCUT2D eigenvalue weighted by Crippen LogP contribution is 2.19. The van der Waals surface area contributed by atoms with Crippen molar-refractivity contribution in [1.82, 2.24) is 15.1 Å². The maximum Gasteiger partial charge on any atom is 0.318 e. The molecule has 0 spiro atoms. The molecule has 5 nitrogen and oxygen atoms in total. The Morgan fingerprint density at radius 3 is 2.37 bits per heavy atom. The Morgan fingerprint density at radius 2 is 1.73 bits per heavy atom. The van der Waals surface area contributed by atoms with E-state index in [4.69, 9.17) is 4.74 Å². The molecule has 1 heterocycles. The SMILES string of the molecule is CCCOc1ccc(CNC(=O)N(Cc2ccc(F)cc2)C2CCN(C)CC2)cc1. The Kier molecular flexibility index (Phi) is 8.08. The summed E-state index contributed by atoms with van der Waals surface area (Å²) < 4.78 is 18.9. The number of benzene rings is 2. The van der Waals surface area contributed by atoms with Crippen LogP contribution in [0.3, 0.4) is 0 Å². The van der Waals surface area contributed by atoms with Gasteiger partial charge in [0.05, 0.1) is 6.61 Å². The van der Waals surface area contributed by atoms with Gasteiger partial charge in [0.15, 0.2) is 0 Å². The Morgan fingerprint density at radius 1 is 1.10 bits per heavy atom. The van der Waals surface area contributed by atoms with Crippen LogP contribution in [0.1, 0.15) is 37.3 Å². The monoisotopic (exact) mass is 413 g/mol. The summed E-state index contributed by atoms with van der Waals surface area (Å²) >= 11 is 0. The Bertz CT molecular complexity index is 787. The molecule has 162 valence electrons. The van der Waals surface area contributed by atoms with Crippen LogP contribution in [0.2, 0.25) is 0 Å². The zero-order valence-electron chi connectivity index (χ0n) is 17.9. The van der Waals surface area contributed by atoms with E-state index >= 15 is 0 Å². The van der Waals surface area contributed by atoms with Gasteiger partial charge < -0.3 is 19.9 Å². The minimum atomic E-state index is -0.264. The first-order valence-electron chi connectivity index (χ1n) is 10.7. The fraction of sp³-hybridized carbons (Fsp3) is 0.458. The molecule has 1 aliphatic heterocycles. The molecule has 1 N–H and O–H groups in total. The molecule has 1 aliphatic rings. The summed E-state index contributed by atoms with van der Waals surface area (Å²) in [6.07, 6.45) is 2.85. The number of hydrogen-bond donors (Lipinski definition) is 1. The largest absolute Gasteiger partial charge is 0.494 e. The smallest absolute Gasteiger partial charge is 0.318 e. The van der Waals surface area contributed by atoms with E-state index in [1.54, 1.807) is 12.1 Å². The normalized spacial score (nSPS) is 15.0. The van der Waals surface area contributed by atoms with Gasteiger partial charge in [0.1, 0.15) is 11.6 Å². The Balaban J connectivity index is 1.62. The Hall–Kier alpha value is -2.60. The number of amides is 2. The van der Waals surface area contributed by atoms with Gasteiger partial charge in [-0.1, -0.05) is 31.2 Å². The molecule has 2 aromatic carbocycles. The molecule has 30 heavy (non-hydrogen) atoms. The summed E-state index contributed by atoms with van der Waals surface area (Å²) in [6, 6.07) is 14.3. The topological polar surface area (TPSA) is 44.8 Å². The van der Waals surface area contributed by atoms with E-state index in [-0.39, 0.29) is 17.9 Å². The van der Waals surface area contributed by atoms with E-state index in [0.717, 1.165) is 49.2 Å². The molecule has 0 radical (unpaired) electrons. The number of hydrogen-bond acceptors (Lipinski definition) is 3. The molecule has 2 aromatic rings. The molecular formula is C24H32FN3O2. The highest BCUT2D eigenvalue weighted by Gasteiger charge is 2.27. The van der Waals surface area contributed by atoms with Crippen LogP contribution >= 0.6 is 0 Å². The van der Waals surface area contributed by atoms with Crippen LogP contribution in [0.5, 0.6) is 5.75 Å². The summed E-state index contributed by atoms with van der Waals surface area (Å²) in [5.41, 5.74) is 1.96. The Labute approximate surface area is 178 Å². The molecular weight excluding hydrogens is 381 g/mol. The van der Waals surface area contributed by atoms with Crippen molar-refractivity contribution in [2.24, 2.45) is 0 Å². The van der Waals surface area contributed by atoms with Gasteiger partial charge in [-0.2, -0.15) is 0 Å². The van der Waals surface area contributed by atoms with Crippen molar-refractivity contribution in [2.45, 2.75) is 45.3 Å². The van der Waals surface area contributed by atoms with E-state index in [1.165, 1.54) is 12.1 Å². The van der Waals surface area contributed by atoms with Crippen molar-refractivity contribution in [3.8, 4) is 5.75 Å². The van der Waals surface area contributed by atoms with Gasteiger partial charge >= 0.3 is 6.03 Å². The third-order valence-electron chi connectivity index (χ3n) is 5.50. The lowest BCUT2D eigenvalue weighted by Crippen LogP contribution is -2.49. The fourth-order valence-corrected chi connectivity index (χ4v) is 3.66. The van der Waals surface area contributed by atoms with Crippen molar-refractivity contribution in [1.29, 1.82) is 0 Å². The van der Waals surface area contributed by atoms with Crippen molar-refractivity contribution >= 4 is 6.03 Å². The van der Waals surface area contributed by atoms with Crippen LogP contribution in [0.25, 0.3) is 0 Å². The summed E-state index contributed by atoms with van der Waals surface area (Å²) in [5.74, 6) is 0.580. The second-order valence-electron chi connectivity index (χ2n) is 7.94. The quantitative estimate of drug-likeness (QED) is 0.697. The molecule has 0 bridgehead atoms. The van der Waals surface area contributed by atoms with Crippen LogP contribution in [0.4, 0.5) is 9.18 Å². The lowest BCUT2D eigenvalue weighted by Gasteiger charge is -2.37. The third kappa shape index (κ3) is 6.46. The molecule has 0 atom stereocenters. The zero-order chi connectivity index (χ0) is 21.3. The number of nitrogens with one attached hydrogen (secondary N) is 1. The number of urea groups is 1.